The van der Waals surface area contributed by atoms with Crippen LogP contribution in [-0.4, -0.2) is 33.4 Å². The minimum absolute atomic E-state index is 0.00426. The summed E-state index contributed by atoms with van der Waals surface area (Å²) in [6.45, 7) is 0.451. The molecule has 0 aromatic carbocycles. The molecular formula is C17H25N3O2S. The minimum atomic E-state index is -0.00426. The highest BCUT2D eigenvalue weighted by Crippen LogP contribution is 2.60. The molecule has 4 bridgehead atoms. The fraction of sp³-hybridized carbons (Fsp3) is 0.824. The molecule has 5 rings (SSSR count). The summed E-state index contributed by atoms with van der Waals surface area (Å²) >= 11 is 1.54. The molecule has 0 aliphatic heterocycles. The second kappa shape index (κ2) is 5.88. The van der Waals surface area contributed by atoms with Crippen molar-refractivity contribution in [2.24, 2.45) is 30.2 Å². The Morgan fingerprint density at radius 1 is 1.22 bits per heavy atom. The lowest BCUT2D eigenvalue weighted by Gasteiger charge is -2.56. The first kappa shape index (κ1) is 15.6. The Morgan fingerprint density at radius 2 is 1.83 bits per heavy atom. The largest absolute Gasteiger partial charge is 0.377 e. The zero-order valence-corrected chi connectivity index (χ0v) is 14.8. The van der Waals surface area contributed by atoms with E-state index in [4.69, 9.17) is 4.74 Å². The molecule has 6 heteroatoms. The Labute approximate surface area is 141 Å². The quantitative estimate of drug-likeness (QED) is 0.748. The van der Waals surface area contributed by atoms with Crippen molar-refractivity contribution in [2.45, 2.75) is 50.3 Å². The molecule has 4 aliphatic rings. The monoisotopic (exact) mass is 335 g/mol. The van der Waals surface area contributed by atoms with E-state index in [0.29, 0.717) is 18.1 Å². The Bertz CT molecular complexity index is 578. The zero-order chi connectivity index (χ0) is 16.0. The highest BCUT2D eigenvalue weighted by Gasteiger charge is 2.54. The maximum Gasteiger partial charge on any atom is 0.191 e. The van der Waals surface area contributed by atoms with Gasteiger partial charge in [0.05, 0.1) is 5.75 Å². The van der Waals surface area contributed by atoms with Gasteiger partial charge in [0.1, 0.15) is 12.4 Å². The van der Waals surface area contributed by atoms with Gasteiger partial charge in [-0.1, -0.05) is 11.8 Å². The van der Waals surface area contributed by atoms with Crippen LogP contribution in [0.4, 0.5) is 0 Å². The van der Waals surface area contributed by atoms with Gasteiger partial charge < -0.3 is 9.30 Å². The standard InChI is InChI=1S/C17H25N3O2S/c1-20-15(9-22-2)18-19-16(20)23-10-14(21)17-6-11-3-12(7-17)5-13(4-11)8-17/h11-13H,3-10H2,1-2H3. The Balaban J connectivity index is 1.42. The average molecular weight is 335 g/mol. The first-order valence-corrected chi connectivity index (χ1v) is 9.61. The third-order valence-electron chi connectivity index (χ3n) is 6.16. The number of nitrogens with zero attached hydrogens (tertiary/aromatic N) is 3. The van der Waals surface area contributed by atoms with Crippen molar-refractivity contribution in [2.75, 3.05) is 12.9 Å². The van der Waals surface area contributed by atoms with Crippen LogP contribution in [0, 0.1) is 23.2 Å². The number of thioether (sulfide) groups is 1. The normalized spacial score (nSPS) is 35.0. The summed E-state index contributed by atoms with van der Waals surface area (Å²) in [4.78, 5) is 13.0. The molecule has 0 spiro atoms. The summed E-state index contributed by atoms with van der Waals surface area (Å²) in [6, 6.07) is 0. The van der Waals surface area contributed by atoms with Crippen molar-refractivity contribution < 1.29 is 9.53 Å². The summed E-state index contributed by atoms with van der Waals surface area (Å²) in [6.07, 6.45) is 7.57. The average Bonchev–Trinajstić information content (AvgIpc) is 2.84. The molecule has 0 atom stereocenters. The SMILES string of the molecule is COCc1nnc(SCC(=O)C23CC4CC(CC(C4)C2)C3)n1C. The number of methoxy groups -OCH3 is 1. The number of hydrogen-bond donors (Lipinski definition) is 0. The first-order valence-electron chi connectivity index (χ1n) is 8.63. The summed E-state index contributed by atoms with van der Waals surface area (Å²) in [5.41, 5.74) is -0.00426. The number of carbonyl (C=O) groups is 1. The third-order valence-corrected chi connectivity index (χ3v) is 7.18. The van der Waals surface area contributed by atoms with E-state index in [9.17, 15) is 4.79 Å². The maximum absolute atomic E-state index is 13.0. The number of Topliss-reactive ketones (excluding diaryl/α,β-unsaturated/α-hetero) is 1. The highest BCUT2D eigenvalue weighted by atomic mass is 32.2. The zero-order valence-electron chi connectivity index (χ0n) is 14.0. The van der Waals surface area contributed by atoms with E-state index < -0.39 is 0 Å². The maximum atomic E-state index is 13.0. The van der Waals surface area contributed by atoms with Crippen LogP contribution in [0.15, 0.2) is 5.16 Å². The molecule has 4 saturated carbocycles. The number of ketones is 1. The summed E-state index contributed by atoms with van der Waals surface area (Å²) < 4.78 is 7.04. The van der Waals surface area contributed by atoms with E-state index in [-0.39, 0.29) is 5.41 Å². The van der Waals surface area contributed by atoms with Gasteiger partial charge in [0.25, 0.3) is 0 Å². The van der Waals surface area contributed by atoms with E-state index >= 15 is 0 Å². The van der Waals surface area contributed by atoms with Crippen LogP contribution in [0.1, 0.15) is 44.3 Å². The van der Waals surface area contributed by atoms with Gasteiger partial charge >= 0.3 is 0 Å². The fourth-order valence-corrected chi connectivity index (χ4v) is 6.42. The van der Waals surface area contributed by atoms with E-state index in [1.54, 1.807) is 7.11 Å². The van der Waals surface area contributed by atoms with Crippen molar-refractivity contribution >= 4 is 17.5 Å². The van der Waals surface area contributed by atoms with Crippen LogP contribution < -0.4 is 0 Å². The fourth-order valence-electron chi connectivity index (χ4n) is 5.46. The van der Waals surface area contributed by atoms with Crippen LogP contribution >= 0.6 is 11.8 Å². The molecule has 0 unspecified atom stereocenters. The molecule has 1 aromatic heterocycles. The molecule has 0 N–H and O–H groups in total. The van der Waals surface area contributed by atoms with Crippen LogP contribution in [-0.2, 0) is 23.2 Å². The minimum Gasteiger partial charge on any atom is -0.377 e. The highest BCUT2D eigenvalue weighted by molar-refractivity contribution is 7.99. The number of hydrogen-bond acceptors (Lipinski definition) is 5. The lowest BCUT2D eigenvalue weighted by atomic mass is 9.48. The molecule has 1 aromatic rings. The topological polar surface area (TPSA) is 57.0 Å². The lowest BCUT2D eigenvalue weighted by molar-refractivity contribution is -0.141. The number of ether oxygens (including phenoxy) is 1. The molecule has 126 valence electrons. The molecule has 23 heavy (non-hydrogen) atoms. The molecule has 0 amide bonds. The third kappa shape index (κ3) is 2.74. The number of aromatic nitrogens is 3. The van der Waals surface area contributed by atoms with Crippen molar-refractivity contribution in [1.29, 1.82) is 0 Å². The van der Waals surface area contributed by atoms with Crippen molar-refractivity contribution in [3.8, 4) is 0 Å². The van der Waals surface area contributed by atoms with Gasteiger partial charge in [0.15, 0.2) is 11.0 Å². The van der Waals surface area contributed by atoms with Gasteiger partial charge in [-0.25, -0.2) is 0 Å². The van der Waals surface area contributed by atoms with Crippen molar-refractivity contribution in [3.63, 3.8) is 0 Å². The van der Waals surface area contributed by atoms with Gasteiger partial charge in [0, 0.05) is 19.6 Å². The first-order chi connectivity index (χ1) is 11.1. The molecule has 4 aliphatic carbocycles. The van der Waals surface area contributed by atoms with Crippen molar-refractivity contribution in [1.82, 2.24) is 14.8 Å². The molecular weight excluding hydrogens is 310 g/mol. The molecule has 1 heterocycles. The number of carbonyl (C=O) groups excluding carboxylic acids is 1. The van der Waals surface area contributed by atoms with E-state index in [2.05, 4.69) is 10.2 Å². The van der Waals surface area contributed by atoms with Gasteiger partial charge in [-0.3, -0.25) is 4.79 Å². The van der Waals surface area contributed by atoms with Crippen LogP contribution in [0.5, 0.6) is 0 Å². The summed E-state index contributed by atoms with van der Waals surface area (Å²) in [5, 5.41) is 9.14. The smallest absolute Gasteiger partial charge is 0.191 e. The molecule has 4 fully saturated rings. The second-order valence-corrected chi connectivity index (χ2v) is 8.74. The predicted molar refractivity (Wildman–Crippen MR) is 88.1 cm³/mol. The van der Waals surface area contributed by atoms with E-state index in [0.717, 1.165) is 48.0 Å². The Morgan fingerprint density at radius 3 is 2.39 bits per heavy atom. The van der Waals surface area contributed by atoms with Gasteiger partial charge in [-0.2, -0.15) is 0 Å². The molecule has 5 nitrogen and oxygen atoms in total. The van der Waals surface area contributed by atoms with Gasteiger partial charge in [-0.05, 0) is 56.3 Å². The van der Waals surface area contributed by atoms with Crippen LogP contribution in [0.2, 0.25) is 0 Å². The van der Waals surface area contributed by atoms with Gasteiger partial charge in [0.2, 0.25) is 0 Å². The molecule has 0 radical (unpaired) electrons. The van der Waals surface area contributed by atoms with Crippen molar-refractivity contribution in [3.05, 3.63) is 5.82 Å². The molecule has 0 saturated heterocycles. The Kier molecular flexibility index (Phi) is 4.00. The van der Waals surface area contributed by atoms with Crippen LogP contribution in [0.25, 0.3) is 0 Å². The van der Waals surface area contributed by atoms with Crippen LogP contribution in [0.3, 0.4) is 0 Å². The summed E-state index contributed by atoms with van der Waals surface area (Å²) in [5.74, 6) is 4.25. The number of rotatable bonds is 6. The lowest BCUT2D eigenvalue weighted by Crippen LogP contribution is -2.50. The predicted octanol–water partition coefficient (Wildman–Crippen LogP) is 2.84. The Hall–Kier alpha value is -0.880. The van der Waals surface area contributed by atoms with E-state index in [1.165, 1.54) is 31.0 Å². The summed E-state index contributed by atoms with van der Waals surface area (Å²) in [7, 11) is 3.59. The van der Waals surface area contributed by atoms with Gasteiger partial charge in [-0.15, -0.1) is 10.2 Å². The van der Waals surface area contributed by atoms with E-state index in [1.807, 2.05) is 11.6 Å². The second-order valence-electron chi connectivity index (χ2n) is 7.80.